The molecule has 0 radical (unpaired) electrons. The maximum absolute atomic E-state index is 12.6. The summed E-state index contributed by atoms with van der Waals surface area (Å²) in [6, 6.07) is 14.8. The number of hydrogen-bond donors (Lipinski definition) is 1. The lowest BCUT2D eigenvalue weighted by Crippen LogP contribution is -2.13. The third-order valence-electron chi connectivity index (χ3n) is 4.11. The Labute approximate surface area is 165 Å². The minimum absolute atomic E-state index is 0.198. The molecule has 1 amide bonds. The van der Waals surface area contributed by atoms with E-state index in [9.17, 15) is 9.59 Å². The smallest absolute Gasteiger partial charge is 0.309 e. The number of anilines is 1. The molecule has 1 N–H and O–H groups in total. The molecule has 0 spiro atoms. The Hall–Kier alpha value is -2.93. The van der Waals surface area contributed by atoms with E-state index in [4.69, 9.17) is 0 Å². The van der Waals surface area contributed by atoms with Crippen molar-refractivity contribution in [1.82, 2.24) is 9.78 Å². The molecule has 3 aromatic rings. The first-order valence-corrected chi connectivity index (χ1v) is 9.05. The number of benzene rings is 2. The Kier molecular flexibility index (Phi) is 5.71. The molecule has 3 rings (SSSR count). The highest BCUT2D eigenvalue weighted by Crippen LogP contribution is 2.19. The van der Waals surface area contributed by atoms with E-state index >= 15 is 0 Å². The van der Waals surface area contributed by atoms with E-state index < -0.39 is 0 Å². The van der Waals surface area contributed by atoms with Crippen LogP contribution in [0.15, 0.2) is 59.2 Å². The van der Waals surface area contributed by atoms with Gasteiger partial charge >= 0.3 is 5.97 Å². The van der Waals surface area contributed by atoms with E-state index in [1.807, 2.05) is 31.2 Å². The molecule has 0 saturated heterocycles. The van der Waals surface area contributed by atoms with Crippen molar-refractivity contribution in [2.24, 2.45) is 0 Å². The molecule has 0 saturated carbocycles. The molecule has 7 heteroatoms. The van der Waals surface area contributed by atoms with Crippen LogP contribution in [0.5, 0.6) is 0 Å². The van der Waals surface area contributed by atoms with Gasteiger partial charge in [-0.15, -0.1) is 0 Å². The molecule has 0 aliphatic carbocycles. The largest absolute Gasteiger partial charge is 0.469 e. The Morgan fingerprint density at radius 3 is 2.41 bits per heavy atom. The van der Waals surface area contributed by atoms with Crippen molar-refractivity contribution < 1.29 is 14.3 Å². The van der Waals surface area contributed by atoms with Gasteiger partial charge in [0.15, 0.2) is 0 Å². The first kappa shape index (κ1) is 18.8. The van der Waals surface area contributed by atoms with Gasteiger partial charge in [-0.05, 0) is 48.9 Å². The molecule has 0 aliphatic rings. The van der Waals surface area contributed by atoms with Crippen LogP contribution < -0.4 is 5.32 Å². The van der Waals surface area contributed by atoms with Gasteiger partial charge in [-0.3, -0.25) is 9.59 Å². The second kappa shape index (κ2) is 8.18. The van der Waals surface area contributed by atoms with Crippen LogP contribution in [0.3, 0.4) is 0 Å². The predicted molar refractivity (Wildman–Crippen MR) is 106 cm³/mol. The summed E-state index contributed by atoms with van der Waals surface area (Å²) in [5.74, 6) is -0.542. The first-order valence-electron chi connectivity index (χ1n) is 8.25. The van der Waals surface area contributed by atoms with E-state index in [1.54, 1.807) is 35.1 Å². The Balaban J connectivity index is 1.73. The average molecular weight is 428 g/mol. The van der Waals surface area contributed by atoms with Crippen molar-refractivity contribution in [2.45, 2.75) is 13.3 Å². The number of esters is 1. The zero-order chi connectivity index (χ0) is 19.4. The van der Waals surface area contributed by atoms with Crippen LogP contribution in [-0.2, 0) is 16.0 Å². The maximum Gasteiger partial charge on any atom is 0.309 e. The highest BCUT2D eigenvalue weighted by Gasteiger charge is 2.15. The molecule has 1 aromatic heterocycles. The summed E-state index contributed by atoms with van der Waals surface area (Å²) >= 11 is 3.40. The van der Waals surface area contributed by atoms with Gasteiger partial charge < -0.3 is 10.1 Å². The van der Waals surface area contributed by atoms with Crippen LogP contribution in [0.25, 0.3) is 5.69 Å². The van der Waals surface area contributed by atoms with Crippen LogP contribution in [0.4, 0.5) is 5.69 Å². The third kappa shape index (κ3) is 4.43. The zero-order valence-corrected chi connectivity index (χ0v) is 16.5. The van der Waals surface area contributed by atoms with Gasteiger partial charge in [-0.2, -0.15) is 5.10 Å². The summed E-state index contributed by atoms with van der Waals surface area (Å²) in [5, 5.41) is 7.18. The molecule has 27 heavy (non-hydrogen) atoms. The number of nitrogens with zero attached hydrogens (tertiary/aromatic N) is 2. The molecule has 0 unspecified atom stereocenters. The van der Waals surface area contributed by atoms with Crippen LogP contribution in [-0.4, -0.2) is 28.8 Å². The van der Waals surface area contributed by atoms with E-state index in [0.29, 0.717) is 11.3 Å². The van der Waals surface area contributed by atoms with Gasteiger partial charge in [0.05, 0.1) is 36.7 Å². The summed E-state index contributed by atoms with van der Waals surface area (Å²) in [4.78, 5) is 23.9. The number of carbonyl (C=O) groups is 2. The number of methoxy groups -OCH3 is 1. The molecule has 138 valence electrons. The fourth-order valence-electron chi connectivity index (χ4n) is 2.62. The van der Waals surface area contributed by atoms with Crippen molar-refractivity contribution in [3.63, 3.8) is 0 Å². The van der Waals surface area contributed by atoms with Gasteiger partial charge in [-0.1, -0.05) is 28.1 Å². The lowest BCUT2D eigenvalue weighted by Gasteiger charge is -2.07. The quantitative estimate of drug-likeness (QED) is 0.626. The second-order valence-electron chi connectivity index (χ2n) is 5.94. The SMILES string of the molecule is COC(=O)Cc1ccc(NC(=O)c2cnn(-c3ccc(Br)cc3)c2C)cc1. The van der Waals surface area contributed by atoms with Crippen LogP contribution in [0.1, 0.15) is 21.6 Å². The number of carbonyl (C=O) groups excluding carboxylic acids is 2. The fourth-order valence-corrected chi connectivity index (χ4v) is 2.88. The van der Waals surface area contributed by atoms with Crippen molar-refractivity contribution in [2.75, 3.05) is 12.4 Å². The minimum atomic E-state index is -0.303. The predicted octanol–water partition coefficient (Wildman–Crippen LogP) is 3.91. The third-order valence-corrected chi connectivity index (χ3v) is 4.64. The normalized spacial score (nSPS) is 10.5. The number of hydrogen-bond acceptors (Lipinski definition) is 4. The lowest BCUT2D eigenvalue weighted by atomic mass is 10.1. The average Bonchev–Trinajstić information content (AvgIpc) is 3.05. The zero-order valence-electron chi connectivity index (χ0n) is 14.9. The fraction of sp³-hybridized carbons (Fsp3) is 0.150. The topological polar surface area (TPSA) is 73.2 Å². The Morgan fingerprint density at radius 2 is 1.78 bits per heavy atom. The molecular weight excluding hydrogens is 410 g/mol. The molecule has 0 fully saturated rings. The minimum Gasteiger partial charge on any atom is -0.469 e. The van der Waals surface area contributed by atoms with Crippen molar-refractivity contribution in [3.8, 4) is 5.69 Å². The second-order valence-corrected chi connectivity index (χ2v) is 6.85. The molecule has 1 heterocycles. The van der Waals surface area contributed by atoms with Gasteiger partial charge in [0, 0.05) is 10.2 Å². The monoisotopic (exact) mass is 427 g/mol. The standard InChI is InChI=1S/C20H18BrN3O3/c1-13-18(12-22-24(13)17-9-5-15(21)6-10-17)20(26)23-16-7-3-14(4-8-16)11-19(25)27-2/h3-10,12H,11H2,1-2H3,(H,23,26). The molecule has 0 aliphatic heterocycles. The van der Waals surface area contributed by atoms with Crippen molar-refractivity contribution >= 4 is 33.5 Å². The van der Waals surface area contributed by atoms with Crippen LogP contribution >= 0.6 is 15.9 Å². The van der Waals surface area contributed by atoms with E-state index in [0.717, 1.165) is 21.4 Å². The van der Waals surface area contributed by atoms with Gasteiger partial charge in [0.1, 0.15) is 0 Å². The molecule has 6 nitrogen and oxygen atoms in total. The summed E-state index contributed by atoms with van der Waals surface area (Å²) in [6.45, 7) is 1.85. The number of nitrogens with one attached hydrogen (secondary N) is 1. The Bertz CT molecular complexity index is 963. The molecular formula is C20H18BrN3O3. The Morgan fingerprint density at radius 1 is 1.11 bits per heavy atom. The van der Waals surface area contributed by atoms with Crippen LogP contribution in [0.2, 0.25) is 0 Å². The van der Waals surface area contributed by atoms with Crippen molar-refractivity contribution in [3.05, 3.63) is 76.0 Å². The number of rotatable bonds is 5. The summed E-state index contributed by atoms with van der Waals surface area (Å²) in [7, 11) is 1.35. The van der Waals surface area contributed by atoms with E-state index in [-0.39, 0.29) is 18.3 Å². The summed E-state index contributed by atoms with van der Waals surface area (Å²) < 4.78 is 7.34. The highest BCUT2D eigenvalue weighted by molar-refractivity contribution is 9.10. The van der Waals surface area contributed by atoms with E-state index in [2.05, 4.69) is 31.1 Å². The maximum atomic E-state index is 12.6. The van der Waals surface area contributed by atoms with Crippen molar-refractivity contribution in [1.29, 1.82) is 0 Å². The first-order chi connectivity index (χ1) is 13.0. The lowest BCUT2D eigenvalue weighted by molar-refractivity contribution is -0.139. The molecule has 0 bridgehead atoms. The molecule has 0 atom stereocenters. The summed E-state index contributed by atoms with van der Waals surface area (Å²) in [6.07, 6.45) is 1.75. The van der Waals surface area contributed by atoms with E-state index in [1.165, 1.54) is 7.11 Å². The summed E-state index contributed by atoms with van der Waals surface area (Å²) in [5.41, 5.74) is 3.58. The van der Waals surface area contributed by atoms with Gasteiger partial charge in [0.25, 0.3) is 5.91 Å². The number of aromatic nitrogens is 2. The van der Waals surface area contributed by atoms with Gasteiger partial charge in [0.2, 0.25) is 0 Å². The number of amides is 1. The number of halogens is 1. The molecule has 2 aromatic carbocycles. The highest BCUT2D eigenvalue weighted by atomic mass is 79.9. The number of ether oxygens (including phenoxy) is 1. The van der Waals surface area contributed by atoms with Gasteiger partial charge in [-0.25, -0.2) is 4.68 Å². The van der Waals surface area contributed by atoms with Crippen LogP contribution in [0, 0.1) is 6.92 Å².